The molecule has 0 N–H and O–H groups in total. The highest BCUT2D eigenvalue weighted by Gasteiger charge is 2.30. The smallest absolute Gasteiger partial charge is 0.172 e. The Morgan fingerprint density at radius 2 is 1.66 bits per heavy atom. The molecule has 1 saturated heterocycles. The van der Waals surface area contributed by atoms with Crippen molar-refractivity contribution in [3.05, 3.63) is 65.7 Å². The lowest BCUT2D eigenvalue weighted by molar-refractivity contribution is 0.161. The molecule has 2 aromatic carbocycles. The summed E-state index contributed by atoms with van der Waals surface area (Å²) in [6.07, 6.45) is 1.94. The van der Waals surface area contributed by atoms with Crippen molar-refractivity contribution in [3.8, 4) is 17.2 Å². The first kappa shape index (κ1) is 25.5. The van der Waals surface area contributed by atoms with Gasteiger partial charge in [-0.15, -0.1) is 0 Å². The Hall–Kier alpha value is -2.55. The second kappa shape index (κ2) is 11.0. The van der Waals surface area contributed by atoms with Crippen molar-refractivity contribution in [1.29, 1.82) is 0 Å². The first-order valence-electron chi connectivity index (χ1n) is 11.9. The summed E-state index contributed by atoms with van der Waals surface area (Å²) in [5.74, 6) is 2.07. The molecule has 35 heavy (non-hydrogen) atoms. The maximum atomic E-state index is 13.8. The number of benzene rings is 2. The summed E-state index contributed by atoms with van der Waals surface area (Å²) in [5, 5.41) is 0.911. The second-order valence-corrected chi connectivity index (χ2v) is 10.5. The van der Waals surface area contributed by atoms with Gasteiger partial charge >= 0.3 is 0 Å². The Balaban J connectivity index is 1.65. The van der Waals surface area contributed by atoms with E-state index in [1.54, 1.807) is 26.0 Å². The molecular weight excluding hydrogens is 463 g/mol. The number of piperazine rings is 1. The molecule has 6 nitrogen and oxygen atoms in total. The predicted octanol–water partition coefficient (Wildman–Crippen LogP) is 4.69. The standard InChI is InChI=1S/C27H35FN4O2S/c1-27(2,20-6-11-23(33-4)24(18-20)34-5)25-19-29-26(32(25)22-9-7-21(28)8-10-22)35-17-16-31-14-12-30(3)13-15-31/h6-11,18-19H,12-17H2,1-5H3. The number of nitrogens with zero attached hydrogens (tertiary/aromatic N) is 4. The Kier molecular flexibility index (Phi) is 8.04. The van der Waals surface area contributed by atoms with Gasteiger partial charge in [-0.2, -0.15) is 0 Å². The molecule has 0 amide bonds. The van der Waals surface area contributed by atoms with Gasteiger partial charge in [0.1, 0.15) is 5.82 Å². The molecule has 0 atom stereocenters. The number of thioether (sulfide) groups is 1. The fraction of sp³-hybridized carbons (Fsp3) is 0.444. The molecule has 1 aromatic heterocycles. The summed E-state index contributed by atoms with van der Waals surface area (Å²) >= 11 is 1.74. The van der Waals surface area contributed by atoms with Crippen molar-refractivity contribution in [2.75, 3.05) is 59.7 Å². The lowest BCUT2D eigenvalue weighted by atomic mass is 9.81. The number of aromatic nitrogens is 2. The van der Waals surface area contributed by atoms with E-state index in [1.807, 2.05) is 30.5 Å². The maximum absolute atomic E-state index is 13.8. The van der Waals surface area contributed by atoms with E-state index < -0.39 is 5.41 Å². The van der Waals surface area contributed by atoms with Crippen LogP contribution < -0.4 is 9.47 Å². The van der Waals surface area contributed by atoms with E-state index in [2.05, 4.69) is 41.3 Å². The third kappa shape index (κ3) is 5.66. The number of hydrogen-bond donors (Lipinski definition) is 0. The van der Waals surface area contributed by atoms with E-state index in [1.165, 1.54) is 12.1 Å². The zero-order valence-electron chi connectivity index (χ0n) is 21.3. The van der Waals surface area contributed by atoms with Crippen LogP contribution in [0.2, 0.25) is 0 Å². The van der Waals surface area contributed by atoms with Crippen LogP contribution in [0.25, 0.3) is 5.69 Å². The highest BCUT2D eigenvalue weighted by atomic mass is 32.2. The van der Waals surface area contributed by atoms with Gasteiger partial charge in [-0.1, -0.05) is 31.7 Å². The monoisotopic (exact) mass is 498 g/mol. The van der Waals surface area contributed by atoms with Crippen molar-refractivity contribution in [2.24, 2.45) is 0 Å². The Morgan fingerprint density at radius 3 is 2.31 bits per heavy atom. The number of likely N-dealkylation sites (N-methyl/N-ethyl adjacent to an activating group) is 1. The van der Waals surface area contributed by atoms with Gasteiger partial charge in [0.15, 0.2) is 16.7 Å². The van der Waals surface area contributed by atoms with Gasteiger partial charge in [-0.3, -0.25) is 9.47 Å². The van der Waals surface area contributed by atoms with Gasteiger partial charge in [-0.25, -0.2) is 9.37 Å². The van der Waals surface area contributed by atoms with Crippen molar-refractivity contribution in [3.63, 3.8) is 0 Å². The van der Waals surface area contributed by atoms with Crippen LogP contribution in [0.15, 0.2) is 53.8 Å². The minimum Gasteiger partial charge on any atom is -0.493 e. The van der Waals surface area contributed by atoms with Crippen molar-refractivity contribution < 1.29 is 13.9 Å². The second-order valence-electron chi connectivity index (χ2n) is 9.43. The van der Waals surface area contributed by atoms with Gasteiger partial charge in [0, 0.05) is 49.6 Å². The van der Waals surface area contributed by atoms with Crippen LogP contribution >= 0.6 is 11.8 Å². The molecule has 1 aliphatic heterocycles. The minimum absolute atomic E-state index is 0.251. The van der Waals surface area contributed by atoms with Crippen molar-refractivity contribution in [1.82, 2.24) is 19.4 Å². The molecule has 0 aliphatic carbocycles. The number of rotatable bonds is 9. The van der Waals surface area contributed by atoms with Gasteiger partial charge in [0.25, 0.3) is 0 Å². The van der Waals surface area contributed by atoms with Gasteiger partial charge in [0.2, 0.25) is 0 Å². The molecule has 1 fully saturated rings. The van der Waals surface area contributed by atoms with Gasteiger partial charge < -0.3 is 14.4 Å². The molecule has 0 unspecified atom stereocenters. The van der Waals surface area contributed by atoms with Crippen molar-refractivity contribution in [2.45, 2.75) is 24.4 Å². The zero-order chi connectivity index (χ0) is 25.0. The average molecular weight is 499 g/mol. The minimum atomic E-state index is -0.392. The number of imidazole rings is 1. The summed E-state index contributed by atoms with van der Waals surface area (Å²) in [5.41, 5.74) is 2.61. The molecule has 0 spiro atoms. The quantitative estimate of drug-likeness (QED) is 0.399. The first-order chi connectivity index (χ1) is 16.8. The molecule has 0 saturated carbocycles. The molecule has 3 aromatic rings. The number of hydrogen-bond acceptors (Lipinski definition) is 6. The fourth-order valence-corrected chi connectivity index (χ4v) is 5.42. The fourth-order valence-electron chi connectivity index (χ4n) is 4.43. The average Bonchev–Trinajstić information content (AvgIpc) is 3.30. The highest BCUT2D eigenvalue weighted by molar-refractivity contribution is 7.99. The predicted molar refractivity (Wildman–Crippen MR) is 140 cm³/mol. The number of ether oxygens (including phenoxy) is 2. The summed E-state index contributed by atoms with van der Waals surface area (Å²) < 4.78 is 26.9. The zero-order valence-corrected chi connectivity index (χ0v) is 22.1. The van der Waals surface area contributed by atoms with E-state index in [4.69, 9.17) is 14.5 Å². The van der Waals surface area contributed by atoms with E-state index in [9.17, 15) is 4.39 Å². The van der Waals surface area contributed by atoms with Crippen LogP contribution in [-0.2, 0) is 5.41 Å². The number of halogens is 1. The van der Waals surface area contributed by atoms with E-state index in [0.29, 0.717) is 11.5 Å². The lowest BCUT2D eigenvalue weighted by Crippen LogP contribution is -2.45. The van der Waals surface area contributed by atoms with E-state index in [0.717, 1.165) is 60.6 Å². The van der Waals surface area contributed by atoms with Gasteiger partial charge in [0.05, 0.1) is 26.1 Å². The van der Waals surface area contributed by atoms with Crippen LogP contribution in [0, 0.1) is 5.82 Å². The Morgan fingerprint density at radius 1 is 0.971 bits per heavy atom. The summed E-state index contributed by atoms with van der Waals surface area (Å²) in [6, 6.07) is 12.6. The van der Waals surface area contributed by atoms with Crippen LogP contribution in [0.3, 0.4) is 0 Å². The molecule has 0 bridgehead atoms. The lowest BCUT2D eigenvalue weighted by Gasteiger charge is -2.32. The maximum Gasteiger partial charge on any atom is 0.172 e. The third-order valence-corrected chi connectivity index (χ3v) is 7.73. The summed E-state index contributed by atoms with van der Waals surface area (Å²) in [7, 11) is 5.46. The molecule has 0 radical (unpaired) electrons. The molecular formula is C27H35FN4O2S. The van der Waals surface area contributed by atoms with Crippen LogP contribution in [0.4, 0.5) is 4.39 Å². The van der Waals surface area contributed by atoms with Crippen LogP contribution in [0.5, 0.6) is 11.5 Å². The normalized spacial score (nSPS) is 15.4. The molecule has 4 rings (SSSR count). The molecule has 188 valence electrons. The summed E-state index contributed by atoms with van der Waals surface area (Å²) in [6.45, 7) is 9.77. The van der Waals surface area contributed by atoms with Gasteiger partial charge in [-0.05, 0) is 49.0 Å². The topological polar surface area (TPSA) is 42.8 Å². The Bertz CT molecular complexity index is 1120. The SMILES string of the molecule is COc1ccc(C(C)(C)c2cnc(SCCN3CCN(C)CC3)n2-c2ccc(F)cc2)cc1OC. The first-order valence-corrected chi connectivity index (χ1v) is 12.9. The molecule has 8 heteroatoms. The van der Waals surface area contributed by atoms with E-state index in [-0.39, 0.29) is 5.82 Å². The molecule has 1 aliphatic rings. The van der Waals surface area contributed by atoms with E-state index >= 15 is 0 Å². The highest BCUT2D eigenvalue weighted by Crippen LogP contribution is 2.39. The van der Waals surface area contributed by atoms with Crippen molar-refractivity contribution >= 4 is 11.8 Å². The Labute approximate surface area is 212 Å². The molecule has 2 heterocycles. The van der Waals surface area contributed by atoms with Crippen LogP contribution in [0.1, 0.15) is 25.1 Å². The van der Waals surface area contributed by atoms with Crippen LogP contribution in [-0.4, -0.2) is 79.1 Å². The number of methoxy groups -OCH3 is 2. The third-order valence-electron chi connectivity index (χ3n) is 6.79. The largest absolute Gasteiger partial charge is 0.493 e. The summed E-state index contributed by atoms with van der Waals surface area (Å²) in [4.78, 5) is 9.70.